The van der Waals surface area contributed by atoms with Crippen LogP contribution in [0.15, 0.2) is 70.4 Å². The molecule has 2 aromatic carbocycles. The van der Waals surface area contributed by atoms with E-state index < -0.39 is 9.84 Å². The molecule has 0 radical (unpaired) electrons. The topological polar surface area (TPSA) is 106 Å². The van der Waals surface area contributed by atoms with Crippen LogP contribution >= 0.6 is 0 Å². The number of nitrogens with one attached hydrogen (secondary N) is 1. The summed E-state index contributed by atoms with van der Waals surface area (Å²) >= 11 is 0. The fraction of sp³-hybridized carbons (Fsp3) is 0.143. The molecule has 0 spiro atoms. The maximum Gasteiger partial charge on any atom is 0.260 e. The van der Waals surface area contributed by atoms with Crippen molar-refractivity contribution in [2.45, 2.75) is 18.4 Å². The number of sulfone groups is 1. The lowest BCUT2D eigenvalue weighted by Crippen LogP contribution is -2.27. The molecule has 0 amide bonds. The maximum absolute atomic E-state index is 13.2. The predicted octanol–water partition coefficient (Wildman–Crippen LogP) is 2.94. The summed E-state index contributed by atoms with van der Waals surface area (Å²) < 4.78 is 26.2. The van der Waals surface area contributed by atoms with Crippen molar-refractivity contribution >= 4 is 21.9 Å². The third kappa shape index (κ3) is 3.61. The average molecular weight is 395 g/mol. The summed E-state index contributed by atoms with van der Waals surface area (Å²) in [5, 5.41) is 7.65. The summed E-state index contributed by atoms with van der Waals surface area (Å²) in [7, 11) is -3.45. The number of pyridine rings is 1. The van der Waals surface area contributed by atoms with E-state index in [0.29, 0.717) is 22.3 Å². The van der Waals surface area contributed by atoms with Crippen molar-refractivity contribution in [2.24, 2.45) is 0 Å². The van der Waals surface area contributed by atoms with Crippen molar-refractivity contribution in [3.63, 3.8) is 0 Å². The summed E-state index contributed by atoms with van der Waals surface area (Å²) in [6.07, 6.45) is 1.09. The minimum atomic E-state index is -3.45. The third-order valence-electron chi connectivity index (χ3n) is 4.62. The van der Waals surface area contributed by atoms with Crippen LogP contribution in [0.1, 0.15) is 18.1 Å². The largest absolute Gasteiger partial charge is 0.384 e. The van der Waals surface area contributed by atoms with Crippen LogP contribution in [-0.4, -0.2) is 25.0 Å². The summed E-state index contributed by atoms with van der Waals surface area (Å²) in [6, 6.07) is 17.3. The van der Waals surface area contributed by atoms with Gasteiger partial charge < -0.3 is 11.1 Å². The van der Waals surface area contributed by atoms with Crippen molar-refractivity contribution in [1.82, 2.24) is 4.57 Å². The monoisotopic (exact) mass is 395 g/mol. The lowest BCUT2D eigenvalue weighted by Gasteiger charge is -2.16. The zero-order chi connectivity index (χ0) is 20.3. The first-order chi connectivity index (χ1) is 13.4. The molecule has 3 N–H and O–H groups in total. The Labute approximate surface area is 163 Å². The molecule has 144 valence electrons. The summed E-state index contributed by atoms with van der Waals surface area (Å²) in [5.41, 5.74) is 7.80. The molecule has 0 unspecified atom stereocenters. The first kappa shape index (κ1) is 19.6. The van der Waals surface area contributed by atoms with Gasteiger partial charge in [0.25, 0.3) is 5.56 Å². The number of anilines is 1. The molecule has 0 atom stereocenters. The minimum absolute atomic E-state index is 0.00157. The zero-order valence-corrected chi connectivity index (χ0v) is 16.2. The van der Waals surface area contributed by atoms with E-state index in [4.69, 9.17) is 11.1 Å². The molecule has 6 nitrogen and oxygen atoms in total. The van der Waals surface area contributed by atoms with E-state index in [2.05, 4.69) is 0 Å². The van der Waals surface area contributed by atoms with Gasteiger partial charge in [0.15, 0.2) is 9.84 Å². The fourth-order valence-electron chi connectivity index (χ4n) is 3.06. The molecule has 1 aromatic heterocycles. The van der Waals surface area contributed by atoms with Crippen LogP contribution in [0, 0.1) is 5.41 Å². The van der Waals surface area contributed by atoms with E-state index in [-0.39, 0.29) is 28.6 Å². The molecular formula is C21H21N3O3S. The van der Waals surface area contributed by atoms with Gasteiger partial charge in [-0.3, -0.25) is 9.36 Å². The Kier molecular flexibility index (Phi) is 5.46. The molecule has 0 fully saturated rings. The van der Waals surface area contributed by atoms with E-state index in [1.165, 1.54) is 10.6 Å². The highest BCUT2D eigenvalue weighted by atomic mass is 32.2. The van der Waals surface area contributed by atoms with E-state index in [0.717, 1.165) is 6.21 Å². The molecule has 0 aliphatic heterocycles. The van der Waals surface area contributed by atoms with E-state index in [1.54, 1.807) is 43.3 Å². The molecule has 0 saturated carbocycles. The van der Waals surface area contributed by atoms with Crippen molar-refractivity contribution < 1.29 is 8.42 Å². The SMILES string of the molecule is CCS(=O)(=O)c1ccccc1Cn1c(N)c(C=N)cc(-c2ccccc2)c1=O. The van der Waals surface area contributed by atoms with Crippen molar-refractivity contribution in [1.29, 1.82) is 5.41 Å². The standard InChI is InChI=1S/C21H21N3O3S/c1-2-28(26,27)19-11-7-6-10-16(19)14-24-20(23)17(13-22)12-18(21(24)25)15-8-4-3-5-9-15/h3-13,22H,2,14,23H2,1H3. The van der Waals surface area contributed by atoms with Crippen LogP contribution in [-0.2, 0) is 16.4 Å². The molecule has 3 rings (SSSR count). The van der Waals surface area contributed by atoms with Crippen molar-refractivity contribution in [3.8, 4) is 11.1 Å². The highest BCUT2D eigenvalue weighted by Crippen LogP contribution is 2.22. The number of benzene rings is 2. The van der Waals surface area contributed by atoms with Gasteiger partial charge in [0.2, 0.25) is 0 Å². The van der Waals surface area contributed by atoms with Gasteiger partial charge in [0.05, 0.1) is 17.2 Å². The Bertz CT molecular complexity index is 1180. The molecule has 3 aromatic rings. The zero-order valence-electron chi connectivity index (χ0n) is 15.4. The molecule has 1 heterocycles. The van der Waals surface area contributed by atoms with E-state index in [1.807, 2.05) is 18.2 Å². The van der Waals surface area contributed by atoms with E-state index >= 15 is 0 Å². The van der Waals surface area contributed by atoms with Gasteiger partial charge in [-0.2, -0.15) is 0 Å². The molecule has 28 heavy (non-hydrogen) atoms. The van der Waals surface area contributed by atoms with Gasteiger partial charge in [-0.15, -0.1) is 0 Å². The number of nitrogens with zero attached hydrogens (tertiary/aromatic N) is 1. The second-order valence-electron chi connectivity index (χ2n) is 6.31. The Hall–Kier alpha value is -3.19. The highest BCUT2D eigenvalue weighted by Gasteiger charge is 2.19. The Morgan fingerprint density at radius 3 is 2.36 bits per heavy atom. The van der Waals surface area contributed by atoms with Crippen LogP contribution in [0.5, 0.6) is 0 Å². The number of rotatable bonds is 6. The van der Waals surface area contributed by atoms with Crippen LogP contribution in [0.2, 0.25) is 0 Å². The second kappa shape index (κ2) is 7.82. The first-order valence-electron chi connectivity index (χ1n) is 8.79. The van der Waals surface area contributed by atoms with Gasteiger partial charge >= 0.3 is 0 Å². The number of nitrogen functional groups attached to an aromatic ring is 1. The lowest BCUT2D eigenvalue weighted by atomic mass is 10.0. The highest BCUT2D eigenvalue weighted by molar-refractivity contribution is 7.91. The van der Waals surface area contributed by atoms with Crippen LogP contribution in [0.25, 0.3) is 11.1 Å². The fourth-order valence-corrected chi connectivity index (χ4v) is 4.19. The Balaban J connectivity index is 2.22. The molecule has 0 bridgehead atoms. The van der Waals surface area contributed by atoms with E-state index in [9.17, 15) is 13.2 Å². The van der Waals surface area contributed by atoms with Crippen LogP contribution < -0.4 is 11.3 Å². The molecular weight excluding hydrogens is 374 g/mol. The summed E-state index contributed by atoms with van der Waals surface area (Å²) in [4.78, 5) is 13.3. The minimum Gasteiger partial charge on any atom is -0.384 e. The van der Waals surface area contributed by atoms with Crippen molar-refractivity contribution in [2.75, 3.05) is 11.5 Å². The molecule has 0 saturated heterocycles. The average Bonchev–Trinajstić information content (AvgIpc) is 2.72. The first-order valence-corrected chi connectivity index (χ1v) is 10.4. The lowest BCUT2D eigenvalue weighted by molar-refractivity contribution is 0.595. The predicted molar refractivity (Wildman–Crippen MR) is 112 cm³/mol. The normalized spacial score (nSPS) is 11.3. The van der Waals surface area contributed by atoms with Gasteiger partial charge in [0, 0.05) is 17.3 Å². The smallest absolute Gasteiger partial charge is 0.260 e. The number of hydrogen-bond acceptors (Lipinski definition) is 5. The number of aromatic nitrogens is 1. The Morgan fingerprint density at radius 2 is 1.71 bits per heavy atom. The van der Waals surface area contributed by atoms with Crippen LogP contribution in [0.3, 0.4) is 0 Å². The second-order valence-corrected chi connectivity index (χ2v) is 8.56. The third-order valence-corrected chi connectivity index (χ3v) is 6.45. The van der Waals surface area contributed by atoms with Gasteiger partial charge in [-0.1, -0.05) is 55.5 Å². The number of nitrogens with two attached hydrogens (primary N) is 1. The molecule has 7 heteroatoms. The molecule has 0 aliphatic rings. The quantitative estimate of drug-likeness (QED) is 0.626. The van der Waals surface area contributed by atoms with Gasteiger partial charge in [-0.25, -0.2) is 8.42 Å². The summed E-state index contributed by atoms with van der Waals surface area (Å²) in [5.74, 6) is 0.0906. The van der Waals surface area contributed by atoms with Gasteiger partial charge in [0.1, 0.15) is 5.82 Å². The summed E-state index contributed by atoms with van der Waals surface area (Å²) in [6.45, 7) is 1.58. The van der Waals surface area contributed by atoms with Crippen LogP contribution in [0.4, 0.5) is 5.82 Å². The van der Waals surface area contributed by atoms with Gasteiger partial charge in [-0.05, 0) is 23.3 Å². The number of hydrogen-bond donors (Lipinski definition) is 2. The Morgan fingerprint density at radius 1 is 1.07 bits per heavy atom. The van der Waals surface area contributed by atoms with Crippen molar-refractivity contribution in [3.05, 3.63) is 82.1 Å². The maximum atomic E-state index is 13.2. The molecule has 0 aliphatic carbocycles.